The first-order valence-electron chi connectivity index (χ1n) is 5.41. The lowest BCUT2D eigenvalue weighted by atomic mass is 10.0. The summed E-state index contributed by atoms with van der Waals surface area (Å²) in [6.45, 7) is 0. The summed E-state index contributed by atoms with van der Waals surface area (Å²) in [6.07, 6.45) is 5.01. The van der Waals surface area contributed by atoms with E-state index in [9.17, 15) is 4.79 Å². The average Bonchev–Trinajstić information content (AvgIpc) is 2.75. The van der Waals surface area contributed by atoms with Crippen molar-refractivity contribution in [2.75, 3.05) is 0 Å². The van der Waals surface area contributed by atoms with Gasteiger partial charge >= 0.3 is 5.97 Å². The minimum atomic E-state index is -0.795. The number of carboxylic acids is 1. The molecule has 0 aromatic carbocycles. The number of nitrogens with zero attached hydrogens (tertiary/aromatic N) is 2. The highest BCUT2D eigenvalue weighted by atomic mass is 16.4. The predicted molar refractivity (Wildman–Crippen MR) is 55.8 cm³/mol. The van der Waals surface area contributed by atoms with E-state index >= 15 is 0 Å². The van der Waals surface area contributed by atoms with Crippen LogP contribution in [0.25, 0.3) is 0 Å². The molecule has 82 valence electrons. The third kappa shape index (κ3) is 2.19. The van der Waals surface area contributed by atoms with Gasteiger partial charge in [-0.1, -0.05) is 12.8 Å². The fourth-order valence-electron chi connectivity index (χ4n) is 2.27. The molecule has 0 unspecified atom stereocenters. The van der Waals surface area contributed by atoms with Crippen LogP contribution >= 0.6 is 0 Å². The Morgan fingerprint density at radius 2 is 2.27 bits per heavy atom. The van der Waals surface area contributed by atoms with Crippen molar-refractivity contribution < 1.29 is 9.90 Å². The van der Waals surface area contributed by atoms with Crippen molar-refractivity contribution in [3.05, 3.63) is 17.5 Å². The SMILES string of the molecule is Cn1nc(C2CCCC2)cc1CC(=O)O. The third-order valence-corrected chi connectivity index (χ3v) is 3.10. The fourth-order valence-corrected chi connectivity index (χ4v) is 2.27. The molecule has 1 aliphatic carbocycles. The van der Waals surface area contributed by atoms with Crippen LogP contribution in [-0.2, 0) is 18.3 Å². The quantitative estimate of drug-likeness (QED) is 0.822. The molecule has 1 saturated carbocycles. The molecule has 0 spiro atoms. The Kier molecular flexibility index (Phi) is 2.75. The molecule has 0 bridgehead atoms. The Bertz CT molecular complexity index is 365. The molecule has 1 aromatic rings. The van der Waals surface area contributed by atoms with Gasteiger partial charge in [0, 0.05) is 18.7 Å². The molecule has 4 nitrogen and oxygen atoms in total. The van der Waals surface area contributed by atoms with Crippen LogP contribution in [0.4, 0.5) is 0 Å². The van der Waals surface area contributed by atoms with Crippen molar-refractivity contribution in [2.24, 2.45) is 7.05 Å². The van der Waals surface area contributed by atoms with Crippen LogP contribution in [0, 0.1) is 0 Å². The number of carboxylic acid groups (broad SMARTS) is 1. The smallest absolute Gasteiger partial charge is 0.309 e. The van der Waals surface area contributed by atoms with Crippen LogP contribution in [0.3, 0.4) is 0 Å². The standard InChI is InChI=1S/C11H16N2O2/c1-13-9(7-11(14)15)6-10(12-13)8-4-2-3-5-8/h6,8H,2-5,7H2,1H3,(H,14,15). The van der Waals surface area contributed by atoms with Gasteiger partial charge in [-0.3, -0.25) is 9.48 Å². The number of carbonyl (C=O) groups is 1. The van der Waals surface area contributed by atoms with Crippen LogP contribution in [0.15, 0.2) is 6.07 Å². The number of rotatable bonds is 3. The van der Waals surface area contributed by atoms with Crippen molar-refractivity contribution in [1.29, 1.82) is 0 Å². The first-order valence-corrected chi connectivity index (χ1v) is 5.41. The zero-order valence-electron chi connectivity index (χ0n) is 8.94. The second kappa shape index (κ2) is 4.04. The van der Waals surface area contributed by atoms with Crippen LogP contribution < -0.4 is 0 Å². The highest BCUT2D eigenvalue weighted by Gasteiger charge is 2.21. The van der Waals surface area contributed by atoms with Gasteiger partial charge in [-0.05, 0) is 18.9 Å². The lowest BCUT2D eigenvalue weighted by molar-refractivity contribution is -0.136. The molecule has 0 saturated heterocycles. The molecule has 15 heavy (non-hydrogen) atoms. The predicted octanol–water partition coefficient (Wildman–Crippen LogP) is 1.70. The molecule has 1 fully saturated rings. The second-order valence-corrected chi connectivity index (χ2v) is 4.24. The van der Waals surface area contributed by atoms with E-state index in [0.717, 1.165) is 11.4 Å². The Morgan fingerprint density at radius 1 is 1.60 bits per heavy atom. The maximum absolute atomic E-state index is 10.6. The fraction of sp³-hybridized carbons (Fsp3) is 0.636. The van der Waals surface area contributed by atoms with Crippen molar-refractivity contribution in [3.63, 3.8) is 0 Å². The number of aliphatic carboxylic acids is 1. The van der Waals surface area contributed by atoms with Crippen molar-refractivity contribution in [3.8, 4) is 0 Å². The highest BCUT2D eigenvalue weighted by Crippen LogP contribution is 2.33. The molecule has 0 aliphatic heterocycles. The maximum Gasteiger partial charge on any atom is 0.309 e. The van der Waals surface area contributed by atoms with Crippen molar-refractivity contribution >= 4 is 5.97 Å². The molecular weight excluding hydrogens is 192 g/mol. The molecule has 1 heterocycles. The Hall–Kier alpha value is -1.32. The van der Waals surface area contributed by atoms with Gasteiger partial charge < -0.3 is 5.11 Å². The summed E-state index contributed by atoms with van der Waals surface area (Å²) in [5, 5.41) is 13.1. The number of aromatic nitrogens is 2. The van der Waals surface area contributed by atoms with Crippen molar-refractivity contribution in [1.82, 2.24) is 9.78 Å². The van der Waals surface area contributed by atoms with Crippen LogP contribution in [-0.4, -0.2) is 20.9 Å². The second-order valence-electron chi connectivity index (χ2n) is 4.24. The van der Waals surface area contributed by atoms with E-state index in [1.54, 1.807) is 4.68 Å². The molecular formula is C11H16N2O2. The molecule has 4 heteroatoms. The molecule has 0 amide bonds. The minimum Gasteiger partial charge on any atom is -0.481 e. The molecule has 2 rings (SSSR count). The summed E-state index contributed by atoms with van der Waals surface area (Å²) < 4.78 is 1.70. The Labute approximate surface area is 88.9 Å². The van der Waals surface area contributed by atoms with Gasteiger partial charge in [-0.25, -0.2) is 0 Å². The monoisotopic (exact) mass is 208 g/mol. The molecule has 1 aromatic heterocycles. The minimum absolute atomic E-state index is 0.0657. The van der Waals surface area contributed by atoms with E-state index in [1.165, 1.54) is 25.7 Å². The lowest BCUT2D eigenvalue weighted by Crippen LogP contribution is -2.05. The molecule has 0 atom stereocenters. The summed E-state index contributed by atoms with van der Waals surface area (Å²) in [5.41, 5.74) is 1.87. The first kappa shape index (κ1) is 10.2. The Morgan fingerprint density at radius 3 is 2.87 bits per heavy atom. The molecule has 0 radical (unpaired) electrons. The topological polar surface area (TPSA) is 55.1 Å². The van der Waals surface area contributed by atoms with Gasteiger partial charge in [0.25, 0.3) is 0 Å². The van der Waals surface area contributed by atoms with E-state index < -0.39 is 5.97 Å². The average molecular weight is 208 g/mol. The van der Waals surface area contributed by atoms with Gasteiger partial charge in [0.15, 0.2) is 0 Å². The largest absolute Gasteiger partial charge is 0.481 e. The summed E-state index contributed by atoms with van der Waals surface area (Å²) in [5.74, 6) is -0.241. The van der Waals surface area contributed by atoms with Gasteiger partial charge in [-0.15, -0.1) is 0 Å². The number of hydrogen-bond donors (Lipinski definition) is 1. The molecule has 1 aliphatic rings. The van der Waals surface area contributed by atoms with Crippen LogP contribution in [0.5, 0.6) is 0 Å². The summed E-state index contributed by atoms with van der Waals surface area (Å²) in [7, 11) is 1.82. The van der Waals surface area contributed by atoms with Gasteiger partial charge in [0.2, 0.25) is 0 Å². The van der Waals surface area contributed by atoms with E-state index in [2.05, 4.69) is 5.10 Å². The van der Waals surface area contributed by atoms with E-state index in [0.29, 0.717) is 5.92 Å². The molecule has 1 N–H and O–H groups in total. The summed E-state index contributed by atoms with van der Waals surface area (Å²) >= 11 is 0. The van der Waals surface area contributed by atoms with Gasteiger partial charge in [-0.2, -0.15) is 5.10 Å². The Balaban J connectivity index is 2.16. The number of aryl methyl sites for hydroxylation is 1. The van der Waals surface area contributed by atoms with Gasteiger partial charge in [0.1, 0.15) is 0 Å². The third-order valence-electron chi connectivity index (χ3n) is 3.10. The highest BCUT2D eigenvalue weighted by molar-refractivity contribution is 5.69. The maximum atomic E-state index is 10.6. The van der Waals surface area contributed by atoms with Crippen molar-refractivity contribution in [2.45, 2.75) is 38.0 Å². The van der Waals surface area contributed by atoms with E-state index in [4.69, 9.17) is 5.11 Å². The van der Waals surface area contributed by atoms with Crippen LogP contribution in [0.1, 0.15) is 43.0 Å². The van der Waals surface area contributed by atoms with E-state index in [1.807, 2.05) is 13.1 Å². The normalized spacial score (nSPS) is 17.1. The van der Waals surface area contributed by atoms with Crippen LogP contribution in [0.2, 0.25) is 0 Å². The summed E-state index contributed by atoms with van der Waals surface area (Å²) in [6, 6.07) is 1.95. The summed E-state index contributed by atoms with van der Waals surface area (Å²) in [4.78, 5) is 10.6. The lowest BCUT2D eigenvalue weighted by Gasteiger charge is -2.02. The zero-order chi connectivity index (χ0) is 10.8. The zero-order valence-corrected chi connectivity index (χ0v) is 8.94. The number of hydrogen-bond acceptors (Lipinski definition) is 2. The van der Waals surface area contributed by atoms with Gasteiger partial charge in [0.05, 0.1) is 12.1 Å². The van der Waals surface area contributed by atoms with E-state index in [-0.39, 0.29) is 6.42 Å². The first-order chi connectivity index (χ1) is 7.16.